The van der Waals surface area contributed by atoms with E-state index in [1.54, 1.807) is 36.1 Å². The third-order valence-corrected chi connectivity index (χ3v) is 5.54. The number of ether oxygens (including phenoxy) is 2. The van der Waals surface area contributed by atoms with Gasteiger partial charge in [0.05, 0.1) is 18.3 Å². The molecule has 5 aromatic rings. The van der Waals surface area contributed by atoms with E-state index in [1.165, 1.54) is 12.4 Å². The Balaban J connectivity index is 1.47. The van der Waals surface area contributed by atoms with Crippen LogP contribution in [0.5, 0.6) is 17.5 Å². The summed E-state index contributed by atoms with van der Waals surface area (Å²) in [5.41, 5.74) is 4.50. The first-order chi connectivity index (χ1) is 17.0. The number of hydrogen-bond acceptors (Lipinski definition) is 7. The molecule has 0 amide bonds. The predicted molar refractivity (Wildman–Crippen MR) is 131 cm³/mol. The topological polar surface area (TPSA) is 87.0 Å². The van der Waals surface area contributed by atoms with Crippen molar-refractivity contribution in [2.75, 3.05) is 12.4 Å². The first-order valence-corrected chi connectivity index (χ1v) is 11.0. The van der Waals surface area contributed by atoms with Crippen LogP contribution in [0.15, 0.2) is 67.3 Å². The van der Waals surface area contributed by atoms with Gasteiger partial charge >= 0.3 is 6.01 Å². The average molecular weight is 471 g/mol. The second kappa shape index (κ2) is 9.38. The first-order valence-electron chi connectivity index (χ1n) is 11.0. The monoisotopic (exact) mass is 470 g/mol. The van der Waals surface area contributed by atoms with Crippen LogP contribution in [0.25, 0.3) is 16.7 Å². The maximum atomic E-state index is 15.3. The summed E-state index contributed by atoms with van der Waals surface area (Å²) in [6.45, 7) is 4.30. The van der Waals surface area contributed by atoms with Gasteiger partial charge in [-0.2, -0.15) is 0 Å². The lowest BCUT2D eigenvalue weighted by Crippen LogP contribution is -2.05. The molecule has 0 radical (unpaired) electrons. The number of fused-ring (bicyclic) bond motifs is 1. The molecule has 9 heteroatoms. The summed E-state index contributed by atoms with van der Waals surface area (Å²) >= 11 is 0. The lowest BCUT2D eigenvalue weighted by molar-refractivity contribution is 0.414. The quantitative estimate of drug-likeness (QED) is 0.342. The summed E-state index contributed by atoms with van der Waals surface area (Å²) in [5.74, 6) is 1.24. The molecule has 0 aliphatic rings. The van der Waals surface area contributed by atoms with Crippen molar-refractivity contribution in [2.24, 2.45) is 0 Å². The van der Waals surface area contributed by atoms with Gasteiger partial charge in [-0.1, -0.05) is 12.1 Å². The summed E-state index contributed by atoms with van der Waals surface area (Å²) in [6.07, 6.45) is 4.95. The zero-order chi connectivity index (χ0) is 24.4. The molecule has 5 rings (SSSR count). The third kappa shape index (κ3) is 4.61. The van der Waals surface area contributed by atoms with Crippen LogP contribution >= 0.6 is 0 Å². The molecule has 1 N–H and O–H groups in total. The molecule has 0 saturated heterocycles. The molecule has 0 unspecified atom stereocenters. The number of anilines is 1. The maximum absolute atomic E-state index is 15.3. The largest absolute Gasteiger partial charge is 0.497 e. The van der Waals surface area contributed by atoms with Crippen molar-refractivity contribution in [1.82, 2.24) is 24.5 Å². The number of halogens is 1. The van der Waals surface area contributed by atoms with E-state index in [4.69, 9.17) is 9.47 Å². The lowest BCUT2D eigenvalue weighted by Gasteiger charge is -2.12. The maximum Gasteiger partial charge on any atom is 0.322 e. The van der Waals surface area contributed by atoms with Crippen LogP contribution < -0.4 is 14.8 Å². The van der Waals surface area contributed by atoms with Crippen LogP contribution in [0.3, 0.4) is 0 Å². The van der Waals surface area contributed by atoms with E-state index in [1.807, 2.05) is 44.3 Å². The number of nitrogens with zero attached hydrogens (tertiary/aromatic N) is 5. The van der Waals surface area contributed by atoms with Gasteiger partial charge in [0.2, 0.25) is 0 Å². The van der Waals surface area contributed by atoms with Crippen molar-refractivity contribution < 1.29 is 13.9 Å². The Hall–Kier alpha value is -4.53. The van der Waals surface area contributed by atoms with Crippen LogP contribution in [-0.2, 0) is 6.54 Å². The Morgan fingerprint density at radius 2 is 1.77 bits per heavy atom. The molecule has 0 bridgehead atoms. The smallest absolute Gasteiger partial charge is 0.322 e. The van der Waals surface area contributed by atoms with Crippen molar-refractivity contribution in [1.29, 1.82) is 0 Å². The summed E-state index contributed by atoms with van der Waals surface area (Å²) in [5, 5.41) is 3.36. The minimum atomic E-state index is -0.461. The van der Waals surface area contributed by atoms with E-state index >= 15 is 4.39 Å². The highest BCUT2D eigenvalue weighted by atomic mass is 19.1. The van der Waals surface area contributed by atoms with E-state index in [-0.39, 0.29) is 6.01 Å². The van der Waals surface area contributed by atoms with Crippen molar-refractivity contribution in [3.05, 3.63) is 89.9 Å². The SMILES string of the molecule is COc1ccc(CNc2ncnc3c(C)cn(-c4ccc(Oc5nccc(C)n5)cc4F)c23)cc1. The number of nitrogens with one attached hydrogen (secondary N) is 1. The normalized spacial score (nSPS) is 11.0. The van der Waals surface area contributed by atoms with Crippen LogP contribution in [-0.4, -0.2) is 31.6 Å². The van der Waals surface area contributed by atoms with Gasteiger partial charge in [0, 0.05) is 30.7 Å². The Morgan fingerprint density at radius 3 is 2.51 bits per heavy atom. The zero-order valence-corrected chi connectivity index (χ0v) is 19.5. The van der Waals surface area contributed by atoms with Gasteiger partial charge in [-0.25, -0.2) is 24.3 Å². The number of benzene rings is 2. The fourth-order valence-electron chi connectivity index (χ4n) is 3.79. The Bertz CT molecular complexity index is 1500. The van der Waals surface area contributed by atoms with Gasteiger partial charge in [0.15, 0.2) is 11.6 Å². The van der Waals surface area contributed by atoms with Crippen molar-refractivity contribution in [3.63, 3.8) is 0 Å². The van der Waals surface area contributed by atoms with E-state index in [0.29, 0.717) is 29.3 Å². The summed E-state index contributed by atoms with van der Waals surface area (Å²) < 4.78 is 27.9. The van der Waals surface area contributed by atoms with Crippen LogP contribution in [0.2, 0.25) is 0 Å². The van der Waals surface area contributed by atoms with Crippen LogP contribution in [0, 0.1) is 19.7 Å². The van der Waals surface area contributed by atoms with Gasteiger partial charge < -0.3 is 19.4 Å². The predicted octanol–water partition coefficient (Wildman–Crippen LogP) is 5.38. The minimum absolute atomic E-state index is 0.165. The molecule has 176 valence electrons. The standard InChI is InChI=1S/C26H23FN6O2/c1-16-14-33(22-9-8-20(12-21(22)27)35-26-28-11-10-17(2)32-26)24-23(16)30-15-31-25(24)29-13-18-4-6-19(34-3)7-5-18/h4-12,14-15H,13H2,1-3H3,(H,29,30,31). The van der Waals surface area contributed by atoms with Gasteiger partial charge in [0.25, 0.3) is 0 Å². The Morgan fingerprint density at radius 1 is 0.971 bits per heavy atom. The fraction of sp³-hybridized carbons (Fsp3) is 0.154. The summed E-state index contributed by atoms with van der Waals surface area (Å²) in [7, 11) is 1.63. The van der Waals surface area contributed by atoms with Crippen LogP contribution in [0.1, 0.15) is 16.8 Å². The molecule has 0 atom stereocenters. The number of aromatic nitrogens is 5. The molecule has 0 aliphatic carbocycles. The molecule has 0 saturated carbocycles. The molecule has 3 aromatic heterocycles. The highest BCUT2D eigenvalue weighted by Gasteiger charge is 2.17. The van der Waals surface area contributed by atoms with E-state index in [9.17, 15) is 0 Å². The lowest BCUT2D eigenvalue weighted by atomic mass is 10.2. The molecular weight excluding hydrogens is 447 g/mol. The zero-order valence-electron chi connectivity index (χ0n) is 19.5. The number of rotatable bonds is 7. The molecule has 0 aliphatic heterocycles. The molecule has 0 spiro atoms. The molecule has 8 nitrogen and oxygen atoms in total. The second-order valence-corrected chi connectivity index (χ2v) is 8.00. The average Bonchev–Trinajstić information content (AvgIpc) is 3.20. The van der Waals surface area contributed by atoms with Crippen molar-refractivity contribution in [2.45, 2.75) is 20.4 Å². The van der Waals surface area contributed by atoms with Crippen LogP contribution in [0.4, 0.5) is 10.2 Å². The minimum Gasteiger partial charge on any atom is -0.497 e. The van der Waals surface area contributed by atoms with E-state index < -0.39 is 5.82 Å². The Labute approximate surface area is 201 Å². The number of aryl methyl sites for hydroxylation is 2. The summed E-state index contributed by atoms with van der Waals surface area (Å²) in [4.78, 5) is 17.1. The molecule has 3 heterocycles. The highest BCUT2D eigenvalue weighted by Crippen LogP contribution is 2.31. The van der Waals surface area contributed by atoms with Gasteiger partial charge in [0.1, 0.15) is 23.3 Å². The van der Waals surface area contributed by atoms with Gasteiger partial charge in [-0.05, 0) is 55.3 Å². The third-order valence-electron chi connectivity index (χ3n) is 5.54. The highest BCUT2D eigenvalue weighted by molar-refractivity contribution is 5.90. The van der Waals surface area contributed by atoms with Crippen molar-refractivity contribution >= 4 is 16.9 Å². The Kier molecular flexibility index (Phi) is 5.97. The number of methoxy groups -OCH3 is 1. The van der Waals surface area contributed by atoms with E-state index in [0.717, 1.165) is 28.1 Å². The van der Waals surface area contributed by atoms with Gasteiger partial charge in [-0.15, -0.1) is 0 Å². The number of hydrogen-bond donors (Lipinski definition) is 1. The molecule has 0 fully saturated rings. The molecule has 2 aromatic carbocycles. The summed E-state index contributed by atoms with van der Waals surface area (Å²) in [6, 6.07) is 14.3. The fourth-order valence-corrected chi connectivity index (χ4v) is 3.79. The van der Waals surface area contributed by atoms with Crippen molar-refractivity contribution in [3.8, 4) is 23.2 Å². The van der Waals surface area contributed by atoms with Gasteiger partial charge in [-0.3, -0.25) is 0 Å². The molecular formula is C26H23FN6O2. The second-order valence-electron chi connectivity index (χ2n) is 8.00. The first kappa shape index (κ1) is 22.3. The van der Waals surface area contributed by atoms with E-state index in [2.05, 4.69) is 25.3 Å². The molecule has 35 heavy (non-hydrogen) atoms.